The van der Waals surface area contributed by atoms with Crippen molar-refractivity contribution in [3.8, 4) is 17.4 Å². The van der Waals surface area contributed by atoms with E-state index >= 15 is 0 Å². The molecule has 0 aliphatic heterocycles. The van der Waals surface area contributed by atoms with Gasteiger partial charge in [0.15, 0.2) is 0 Å². The number of hydrogen-bond acceptors (Lipinski definition) is 4. The molecule has 0 saturated heterocycles. The van der Waals surface area contributed by atoms with Crippen molar-refractivity contribution in [3.05, 3.63) is 39.8 Å². The lowest BCUT2D eigenvalue weighted by molar-refractivity contribution is -0.137. The molecule has 106 valence electrons. The molecule has 20 heavy (non-hydrogen) atoms. The van der Waals surface area contributed by atoms with Crippen LogP contribution in [0.15, 0.2) is 23.0 Å². The second-order valence-corrected chi connectivity index (χ2v) is 4.02. The maximum atomic E-state index is 12.6. The second kappa shape index (κ2) is 4.95. The fraction of sp³-hybridized carbons (Fsp3) is 0.250. The summed E-state index contributed by atoms with van der Waals surface area (Å²) in [6.07, 6.45) is -4.42. The van der Waals surface area contributed by atoms with Crippen LogP contribution in [0, 0.1) is 6.92 Å². The highest BCUT2D eigenvalue weighted by Gasteiger charge is 2.30. The molecule has 0 bridgehead atoms. The number of H-pyrrole nitrogens is 1. The molecule has 5 nitrogen and oxygen atoms in total. The summed E-state index contributed by atoms with van der Waals surface area (Å²) in [5, 5.41) is 0. The Labute approximate surface area is 111 Å². The topological polar surface area (TPSA) is 67.9 Å². The summed E-state index contributed by atoms with van der Waals surface area (Å²) < 4.78 is 42.5. The summed E-state index contributed by atoms with van der Waals surface area (Å²) in [6.45, 7) is 1.50. The SMILES string of the molecule is COc1nc(-c2ccc(C(F)(F)F)cc2C)[nH]c(=O)n1. The molecule has 0 atom stereocenters. The Bertz CT molecular complexity index is 695. The monoisotopic (exact) mass is 285 g/mol. The molecule has 8 heteroatoms. The summed E-state index contributed by atoms with van der Waals surface area (Å²) in [4.78, 5) is 21.0. The Kier molecular flexibility index (Phi) is 3.47. The number of alkyl halides is 3. The van der Waals surface area contributed by atoms with Crippen LogP contribution in [0.5, 0.6) is 6.01 Å². The Morgan fingerprint density at radius 2 is 1.95 bits per heavy atom. The molecule has 2 rings (SSSR count). The lowest BCUT2D eigenvalue weighted by Gasteiger charge is -2.10. The van der Waals surface area contributed by atoms with Crippen LogP contribution in [0.2, 0.25) is 0 Å². The first-order valence-electron chi connectivity index (χ1n) is 5.52. The van der Waals surface area contributed by atoms with Crippen molar-refractivity contribution < 1.29 is 17.9 Å². The van der Waals surface area contributed by atoms with Gasteiger partial charge in [-0.25, -0.2) is 4.79 Å². The normalized spacial score (nSPS) is 11.4. The van der Waals surface area contributed by atoms with Gasteiger partial charge in [-0.1, -0.05) is 6.07 Å². The van der Waals surface area contributed by atoms with Crippen LogP contribution < -0.4 is 10.4 Å². The predicted molar refractivity (Wildman–Crippen MR) is 64.4 cm³/mol. The molecule has 0 amide bonds. The predicted octanol–water partition coefficient (Wildman–Crippen LogP) is 2.17. The van der Waals surface area contributed by atoms with Gasteiger partial charge in [0.2, 0.25) is 0 Å². The molecule has 0 saturated carbocycles. The number of halogens is 3. The van der Waals surface area contributed by atoms with Crippen molar-refractivity contribution in [3.63, 3.8) is 0 Å². The third kappa shape index (κ3) is 2.79. The first-order valence-corrected chi connectivity index (χ1v) is 5.52. The molecule has 1 aromatic heterocycles. The number of aromatic amines is 1. The lowest BCUT2D eigenvalue weighted by atomic mass is 10.0. The Hall–Kier alpha value is -2.38. The number of methoxy groups -OCH3 is 1. The number of nitrogens with one attached hydrogen (secondary N) is 1. The molecule has 0 radical (unpaired) electrons. The standard InChI is InChI=1S/C12H10F3N3O2/c1-6-5-7(12(13,14)15)3-4-8(6)9-16-10(19)18-11(17-9)20-2/h3-5H,1-2H3,(H,16,17,18,19). The first kappa shape index (κ1) is 14.0. The van der Waals surface area contributed by atoms with Crippen LogP contribution in [0.3, 0.4) is 0 Å². The Morgan fingerprint density at radius 3 is 2.50 bits per heavy atom. The number of aryl methyl sites for hydroxylation is 1. The van der Waals surface area contributed by atoms with Crippen LogP contribution >= 0.6 is 0 Å². The smallest absolute Gasteiger partial charge is 0.416 e. The number of hydrogen-bond donors (Lipinski definition) is 1. The largest absolute Gasteiger partial charge is 0.467 e. The van der Waals surface area contributed by atoms with Crippen LogP contribution in [0.1, 0.15) is 11.1 Å². The number of aromatic nitrogens is 3. The third-order valence-corrected chi connectivity index (χ3v) is 2.62. The zero-order chi connectivity index (χ0) is 14.9. The van der Waals surface area contributed by atoms with E-state index in [2.05, 4.69) is 15.0 Å². The molecule has 1 heterocycles. The highest BCUT2D eigenvalue weighted by Crippen LogP contribution is 2.32. The van der Waals surface area contributed by atoms with E-state index in [1.165, 1.54) is 20.1 Å². The zero-order valence-electron chi connectivity index (χ0n) is 10.6. The average Bonchev–Trinajstić information content (AvgIpc) is 2.36. The second-order valence-electron chi connectivity index (χ2n) is 4.02. The van der Waals surface area contributed by atoms with Crippen molar-refractivity contribution in [2.45, 2.75) is 13.1 Å². The van der Waals surface area contributed by atoms with Gasteiger partial charge in [0.25, 0.3) is 0 Å². The number of ether oxygens (including phenoxy) is 1. The van der Waals surface area contributed by atoms with Crippen LogP contribution in [0.25, 0.3) is 11.4 Å². The summed E-state index contributed by atoms with van der Waals surface area (Å²) in [5.41, 5.74) is -0.750. The number of rotatable bonds is 2. The van der Waals surface area contributed by atoms with Gasteiger partial charge in [-0.15, -0.1) is 4.98 Å². The first-order chi connectivity index (χ1) is 9.31. The van der Waals surface area contributed by atoms with Gasteiger partial charge in [0.05, 0.1) is 12.7 Å². The quantitative estimate of drug-likeness (QED) is 0.918. The average molecular weight is 285 g/mol. The molecular formula is C12H10F3N3O2. The number of nitrogens with zero attached hydrogens (tertiary/aromatic N) is 2. The highest BCUT2D eigenvalue weighted by atomic mass is 19.4. The molecule has 0 unspecified atom stereocenters. The summed E-state index contributed by atoms with van der Waals surface area (Å²) >= 11 is 0. The summed E-state index contributed by atoms with van der Waals surface area (Å²) in [5.74, 6) is 0.105. The fourth-order valence-corrected chi connectivity index (χ4v) is 1.69. The van der Waals surface area contributed by atoms with Gasteiger partial charge in [-0.3, -0.25) is 4.98 Å². The van der Waals surface area contributed by atoms with E-state index in [1.54, 1.807) is 0 Å². The van der Waals surface area contributed by atoms with E-state index in [9.17, 15) is 18.0 Å². The number of benzene rings is 1. The van der Waals surface area contributed by atoms with E-state index in [4.69, 9.17) is 4.74 Å². The van der Waals surface area contributed by atoms with Crippen LogP contribution in [-0.4, -0.2) is 22.1 Å². The van der Waals surface area contributed by atoms with Gasteiger partial charge >= 0.3 is 17.9 Å². The van der Waals surface area contributed by atoms with Crippen LogP contribution in [-0.2, 0) is 6.18 Å². The van der Waals surface area contributed by atoms with E-state index < -0.39 is 17.4 Å². The van der Waals surface area contributed by atoms with E-state index in [1.807, 2.05) is 0 Å². The zero-order valence-corrected chi connectivity index (χ0v) is 10.6. The molecular weight excluding hydrogens is 275 g/mol. The molecule has 0 aliphatic carbocycles. The highest BCUT2D eigenvalue weighted by molar-refractivity contribution is 5.60. The minimum atomic E-state index is -4.42. The van der Waals surface area contributed by atoms with E-state index in [0.29, 0.717) is 11.1 Å². The van der Waals surface area contributed by atoms with Crippen molar-refractivity contribution >= 4 is 0 Å². The maximum absolute atomic E-state index is 12.6. The molecule has 1 N–H and O–H groups in total. The lowest BCUT2D eigenvalue weighted by Crippen LogP contribution is -2.14. The molecule has 0 fully saturated rings. The van der Waals surface area contributed by atoms with Gasteiger partial charge in [-0.2, -0.15) is 18.2 Å². The van der Waals surface area contributed by atoms with Crippen molar-refractivity contribution in [2.24, 2.45) is 0 Å². The van der Waals surface area contributed by atoms with Gasteiger partial charge in [0.1, 0.15) is 5.82 Å². The maximum Gasteiger partial charge on any atom is 0.416 e. The molecule has 0 aliphatic rings. The van der Waals surface area contributed by atoms with Crippen LogP contribution in [0.4, 0.5) is 13.2 Å². The Balaban J connectivity index is 2.54. The van der Waals surface area contributed by atoms with Crippen molar-refractivity contribution in [1.82, 2.24) is 15.0 Å². The fourth-order valence-electron chi connectivity index (χ4n) is 1.69. The molecule has 0 spiro atoms. The van der Waals surface area contributed by atoms with Gasteiger partial charge < -0.3 is 4.74 Å². The molecule has 1 aromatic carbocycles. The summed E-state index contributed by atoms with van der Waals surface area (Å²) in [7, 11) is 1.29. The minimum absolute atomic E-state index is 0.105. The van der Waals surface area contributed by atoms with Gasteiger partial charge in [-0.05, 0) is 24.6 Å². The minimum Gasteiger partial charge on any atom is -0.467 e. The Morgan fingerprint density at radius 1 is 1.25 bits per heavy atom. The third-order valence-electron chi connectivity index (χ3n) is 2.62. The van der Waals surface area contributed by atoms with E-state index in [-0.39, 0.29) is 11.8 Å². The molecule has 2 aromatic rings. The van der Waals surface area contributed by atoms with E-state index in [0.717, 1.165) is 12.1 Å². The van der Waals surface area contributed by atoms with Crippen molar-refractivity contribution in [2.75, 3.05) is 7.11 Å². The van der Waals surface area contributed by atoms with Crippen molar-refractivity contribution in [1.29, 1.82) is 0 Å². The summed E-state index contributed by atoms with van der Waals surface area (Å²) in [6, 6.07) is 3.01. The van der Waals surface area contributed by atoms with Gasteiger partial charge in [0, 0.05) is 5.56 Å².